The number of fused-ring (bicyclic) bond motifs is 1. The maximum Gasteiger partial charge on any atom is 0.261 e. The van der Waals surface area contributed by atoms with Crippen LogP contribution in [0.15, 0.2) is 34.1 Å². The maximum absolute atomic E-state index is 12.3. The van der Waals surface area contributed by atoms with Gasteiger partial charge in [-0.3, -0.25) is 14.5 Å². The molecule has 0 N–H and O–H groups in total. The highest BCUT2D eigenvalue weighted by atomic mass is 79.9. The van der Waals surface area contributed by atoms with Gasteiger partial charge in [-0.15, -0.1) is 11.3 Å². The number of hydrogen-bond donors (Lipinski definition) is 0. The molecule has 3 nitrogen and oxygen atoms in total. The molecule has 19 heavy (non-hydrogen) atoms. The molecule has 96 valence electrons. The Hall–Kier alpha value is -1.46. The second-order valence-corrected chi connectivity index (χ2v) is 6.29. The fourth-order valence-corrected chi connectivity index (χ4v) is 3.60. The lowest BCUT2D eigenvalue weighted by atomic mass is 10.1. The van der Waals surface area contributed by atoms with Crippen molar-refractivity contribution in [2.45, 2.75) is 13.5 Å². The maximum atomic E-state index is 12.3. The van der Waals surface area contributed by atoms with Crippen LogP contribution in [-0.2, 0) is 6.54 Å². The molecular formula is C14H10BrNO2S. The standard InChI is InChI=1S/C14H10BrNO2S/c1-8-2-3-9-10(6-8)14(18)16(13(9)17)7-12-11(15)4-5-19-12/h2-6H,7H2,1H3. The van der Waals surface area contributed by atoms with Crippen LogP contribution in [0.3, 0.4) is 0 Å². The van der Waals surface area contributed by atoms with Gasteiger partial charge in [0.25, 0.3) is 11.8 Å². The summed E-state index contributed by atoms with van der Waals surface area (Å²) in [5.41, 5.74) is 2.00. The number of benzene rings is 1. The Kier molecular flexibility index (Phi) is 3.03. The van der Waals surface area contributed by atoms with E-state index in [0.29, 0.717) is 17.7 Å². The van der Waals surface area contributed by atoms with E-state index in [9.17, 15) is 9.59 Å². The van der Waals surface area contributed by atoms with Crippen molar-refractivity contribution in [3.8, 4) is 0 Å². The number of imide groups is 1. The van der Waals surface area contributed by atoms with Crippen LogP contribution in [0.1, 0.15) is 31.2 Å². The number of nitrogens with zero attached hydrogens (tertiary/aromatic N) is 1. The molecule has 1 aromatic carbocycles. The van der Waals surface area contributed by atoms with Crippen molar-refractivity contribution in [1.29, 1.82) is 0 Å². The molecule has 0 unspecified atom stereocenters. The number of carbonyl (C=O) groups is 2. The zero-order valence-corrected chi connectivity index (χ0v) is 12.5. The molecule has 0 spiro atoms. The molecule has 2 aromatic rings. The number of aryl methyl sites for hydroxylation is 1. The Bertz CT molecular complexity index is 693. The third-order valence-electron chi connectivity index (χ3n) is 3.12. The molecule has 0 saturated heterocycles. The molecule has 3 rings (SSSR count). The molecule has 0 fully saturated rings. The summed E-state index contributed by atoms with van der Waals surface area (Å²) in [5, 5.41) is 1.93. The number of thiophene rings is 1. The minimum absolute atomic E-state index is 0.205. The lowest BCUT2D eigenvalue weighted by Gasteiger charge is -2.12. The first-order valence-corrected chi connectivity index (χ1v) is 7.44. The van der Waals surface area contributed by atoms with Gasteiger partial charge < -0.3 is 0 Å². The Morgan fingerprint density at radius 2 is 1.89 bits per heavy atom. The van der Waals surface area contributed by atoms with Crippen molar-refractivity contribution < 1.29 is 9.59 Å². The van der Waals surface area contributed by atoms with Crippen LogP contribution in [0.2, 0.25) is 0 Å². The third-order valence-corrected chi connectivity index (χ3v) is 5.03. The van der Waals surface area contributed by atoms with Crippen molar-refractivity contribution in [3.63, 3.8) is 0 Å². The van der Waals surface area contributed by atoms with Gasteiger partial charge >= 0.3 is 0 Å². The largest absolute Gasteiger partial charge is 0.269 e. The highest BCUT2D eigenvalue weighted by Crippen LogP contribution is 2.29. The summed E-state index contributed by atoms with van der Waals surface area (Å²) < 4.78 is 0.935. The zero-order valence-electron chi connectivity index (χ0n) is 10.1. The van der Waals surface area contributed by atoms with E-state index in [1.54, 1.807) is 12.1 Å². The van der Waals surface area contributed by atoms with Gasteiger partial charge in [-0.2, -0.15) is 0 Å². The van der Waals surface area contributed by atoms with Crippen molar-refractivity contribution in [3.05, 3.63) is 55.7 Å². The molecule has 5 heteroatoms. The molecular weight excluding hydrogens is 326 g/mol. The first kappa shape index (κ1) is 12.6. The lowest BCUT2D eigenvalue weighted by Crippen LogP contribution is -2.28. The Morgan fingerprint density at radius 3 is 2.58 bits per heavy atom. The van der Waals surface area contributed by atoms with E-state index in [4.69, 9.17) is 0 Å². The second-order valence-electron chi connectivity index (χ2n) is 4.44. The highest BCUT2D eigenvalue weighted by Gasteiger charge is 2.35. The first-order chi connectivity index (χ1) is 9.08. The predicted octanol–water partition coefficient (Wildman–Crippen LogP) is 3.62. The van der Waals surface area contributed by atoms with Gasteiger partial charge in [0.05, 0.1) is 17.7 Å². The van der Waals surface area contributed by atoms with Crippen LogP contribution in [0.25, 0.3) is 0 Å². The number of halogens is 1. The molecule has 0 aliphatic carbocycles. The average molecular weight is 336 g/mol. The van der Waals surface area contributed by atoms with Crippen molar-refractivity contribution in [1.82, 2.24) is 4.90 Å². The summed E-state index contributed by atoms with van der Waals surface area (Å²) in [6.07, 6.45) is 0. The SMILES string of the molecule is Cc1ccc2c(c1)C(=O)N(Cc1sccc1Br)C2=O. The summed E-state index contributed by atoms with van der Waals surface area (Å²) in [6, 6.07) is 7.28. The molecule has 2 amide bonds. The summed E-state index contributed by atoms with van der Waals surface area (Å²) in [7, 11) is 0. The second kappa shape index (κ2) is 4.58. The number of amides is 2. The molecule has 0 radical (unpaired) electrons. The number of rotatable bonds is 2. The zero-order chi connectivity index (χ0) is 13.6. The van der Waals surface area contributed by atoms with E-state index in [1.165, 1.54) is 16.2 Å². The van der Waals surface area contributed by atoms with Gasteiger partial charge in [0.15, 0.2) is 0 Å². The van der Waals surface area contributed by atoms with Crippen LogP contribution in [0, 0.1) is 6.92 Å². The molecule has 2 heterocycles. The van der Waals surface area contributed by atoms with Crippen LogP contribution in [0.5, 0.6) is 0 Å². The minimum atomic E-state index is -0.208. The predicted molar refractivity (Wildman–Crippen MR) is 77.4 cm³/mol. The van der Waals surface area contributed by atoms with Crippen molar-refractivity contribution >= 4 is 39.1 Å². The topological polar surface area (TPSA) is 37.4 Å². The summed E-state index contributed by atoms with van der Waals surface area (Å²) in [5.74, 6) is -0.413. The summed E-state index contributed by atoms with van der Waals surface area (Å²) >= 11 is 4.95. The van der Waals surface area contributed by atoms with Crippen molar-refractivity contribution in [2.75, 3.05) is 0 Å². The fraction of sp³-hybridized carbons (Fsp3) is 0.143. The Balaban J connectivity index is 1.97. The van der Waals surface area contributed by atoms with Crippen LogP contribution < -0.4 is 0 Å². The van der Waals surface area contributed by atoms with E-state index in [-0.39, 0.29) is 11.8 Å². The van der Waals surface area contributed by atoms with Gasteiger partial charge in [-0.1, -0.05) is 11.6 Å². The van der Waals surface area contributed by atoms with Gasteiger partial charge in [-0.25, -0.2) is 0 Å². The number of carbonyl (C=O) groups excluding carboxylic acids is 2. The van der Waals surface area contributed by atoms with Crippen LogP contribution in [0.4, 0.5) is 0 Å². The summed E-state index contributed by atoms with van der Waals surface area (Å²) in [6.45, 7) is 2.24. The molecule has 0 bridgehead atoms. The average Bonchev–Trinajstić information content (AvgIpc) is 2.88. The third kappa shape index (κ3) is 2.03. The number of hydrogen-bond acceptors (Lipinski definition) is 3. The van der Waals surface area contributed by atoms with E-state index in [1.807, 2.05) is 24.4 Å². The molecule has 0 atom stereocenters. The smallest absolute Gasteiger partial charge is 0.261 e. The van der Waals surface area contributed by atoms with Crippen LogP contribution in [-0.4, -0.2) is 16.7 Å². The monoisotopic (exact) mass is 335 g/mol. The van der Waals surface area contributed by atoms with E-state index >= 15 is 0 Å². The van der Waals surface area contributed by atoms with Gasteiger partial charge in [-0.05, 0) is 46.4 Å². The van der Waals surface area contributed by atoms with Crippen molar-refractivity contribution in [2.24, 2.45) is 0 Å². The molecule has 0 saturated carbocycles. The quantitative estimate of drug-likeness (QED) is 0.786. The van der Waals surface area contributed by atoms with Gasteiger partial charge in [0, 0.05) is 9.35 Å². The Labute approximate surface area is 123 Å². The lowest BCUT2D eigenvalue weighted by molar-refractivity contribution is 0.0643. The molecule has 1 aliphatic heterocycles. The van der Waals surface area contributed by atoms with E-state index in [2.05, 4.69) is 15.9 Å². The normalized spacial score (nSPS) is 14.1. The minimum Gasteiger partial charge on any atom is -0.269 e. The van der Waals surface area contributed by atoms with Gasteiger partial charge in [0.1, 0.15) is 0 Å². The highest BCUT2D eigenvalue weighted by molar-refractivity contribution is 9.10. The first-order valence-electron chi connectivity index (χ1n) is 5.76. The molecule has 1 aromatic heterocycles. The van der Waals surface area contributed by atoms with E-state index in [0.717, 1.165) is 14.9 Å². The summed E-state index contributed by atoms with van der Waals surface area (Å²) in [4.78, 5) is 26.8. The Morgan fingerprint density at radius 1 is 1.16 bits per heavy atom. The molecule has 1 aliphatic rings. The van der Waals surface area contributed by atoms with E-state index < -0.39 is 0 Å². The fourth-order valence-electron chi connectivity index (χ4n) is 2.13. The van der Waals surface area contributed by atoms with Gasteiger partial charge in [0.2, 0.25) is 0 Å². The van der Waals surface area contributed by atoms with Crippen LogP contribution >= 0.6 is 27.3 Å².